The van der Waals surface area contributed by atoms with Gasteiger partial charge in [0.05, 0.1) is 5.71 Å². The summed E-state index contributed by atoms with van der Waals surface area (Å²) in [7, 11) is 0. The first kappa shape index (κ1) is 17.4. The number of hydrogen-bond acceptors (Lipinski definition) is 4. The van der Waals surface area contributed by atoms with Gasteiger partial charge in [-0.3, -0.25) is 4.79 Å². The van der Waals surface area contributed by atoms with E-state index in [2.05, 4.69) is 18.2 Å². The molecule has 5 saturated carbocycles. The molecular formula is C25H33NO3. The molecule has 0 bridgehead atoms. The van der Waals surface area contributed by atoms with E-state index in [1.807, 2.05) is 0 Å². The molecule has 6 aliphatic carbocycles. The molecule has 0 aromatic heterocycles. The number of rotatable bonds is 1. The Morgan fingerprint density at radius 1 is 1.14 bits per heavy atom. The van der Waals surface area contributed by atoms with Crippen molar-refractivity contribution in [2.75, 3.05) is 0 Å². The maximum atomic E-state index is 12.3. The average molecular weight is 396 g/mol. The van der Waals surface area contributed by atoms with Gasteiger partial charge in [0, 0.05) is 17.8 Å². The van der Waals surface area contributed by atoms with Crippen molar-refractivity contribution in [2.24, 2.45) is 51.5 Å². The number of carbonyl (C=O) groups excluding carboxylic acids is 1. The quantitative estimate of drug-likeness (QED) is 0.382. The summed E-state index contributed by atoms with van der Waals surface area (Å²) < 4.78 is 6.32. The highest BCUT2D eigenvalue weighted by molar-refractivity contribution is 5.96. The summed E-state index contributed by atoms with van der Waals surface area (Å²) in [5.74, 6) is 4.63. The van der Waals surface area contributed by atoms with Crippen molar-refractivity contribution in [3.63, 3.8) is 0 Å². The molecule has 6 fully saturated rings. The molecule has 7 rings (SSSR count). The van der Waals surface area contributed by atoms with Gasteiger partial charge in [0.25, 0.3) is 0 Å². The minimum Gasteiger partial charge on any atom is -0.458 e. The zero-order valence-electron chi connectivity index (χ0n) is 17.5. The van der Waals surface area contributed by atoms with Crippen LogP contribution in [0, 0.1) is 46.3 Å². The van der Waals surface area contributed by atoms with Crippen molar-refractivity contribution in [1.29, 1.82) is 0 Å². The molecule has 29 heavy (non-hydrogen) atoms. The van der Waals surface area contributed by atoms with Crippen LogP contribution < -0.4 is 0 Å². The van der Waals surface area contributed by atoms with E-state index in [1.54, 1.807) is 5.57 Å². The lowest BCUT2D eigenvalue weighted by atomic mass is 9.46. The zero-order chi connectivity index (χ0) is 19.6. The highest BCUT2D eigenvalue weighted by Gasteiger charge is 2.80. The van der Waals surface area contributed by atoms with Crippen LogP contribution in [0.25, 0.3) is 0 Å². The second-order valence-electron chi connectivity index (χ2n) is 11.6. The van der Waals surface area contributed by atoms with E-state index in [0.29, 0.717) is 23.7 Å². The molecule has 3 unspecified atom stereocenters. The average Bonchev–Trinajstić information content (AvgIpc) is 3.65. The Hall–Kier alpha value is -1.32. The molecule has 0 radical (unpaired) electrons. The van der Waals surface area contributed by atoms with Gasteiger partial charge < -0.3 is 9.94 Å². The van der Waals surface area contributed by atoms with E-state index in [9.17, 15) is 10.0 Å². The topological polar surface area (TPSA) is 58.9 Å². The van der Waals surface area contributed by atoms with Gasteiger partial charge in [-0.25, -0.2) is 0 Å². The van der Waals surface area contributed by atoms with Gasteiger partial charge in [0.15, 0.2) is 0 Å². The molecule has 8 atom stereocenters. The minimum atomic E-state index is -0.116. The Balaban J connectivity index is 1.31. The fourth-order valence-electron chi connectivity index (χ4n) is 10.0. The summed E-state index contributed by atoms with van der Waals surface area (Å²) >= 11 is 0. The van der Waals surface area contributed by atoms with Gasteiger partial charge >= 0.3 is 5.97 Å². The Bertz CT molecular complexity index is 856. The van der Waals surface area contributed by atoms with Crippen molar-refractivity contribution >= 4 is 11.7 Å². The summed E-state index contributed by atoms with van der Waals surface area (Å²) in [6.45, 7) is 2.39. The summed E-state index contributed by atoms with van der Waals surface area (Å²) in [5.41, 5.74) is 3.09. The first-order chi connectivity index (χ1) is 14.1. The van der Waals surface area contributed by atoms with Crippen molar-refractivity contribution in [3.8, 4) is 0 Å². The monoisotopic (exact) mass is 395 g/mol. The van der Waals surface area contributed by atoms with Crippen LogP contribution in [-0.2, 0) is 9.53 Å². The molecular weight excluding hydrogens is 362 g/mol. The number of oxime groups is 1. The lowest BCUT2D eigenvalue weighted by molar-refractivity contribution is -0.180. The molecule has 7 aliphatic rings. The maximum absolute atomic E-state index is 12.3. The zero-order valence-corrected chi connectivity index (χ0v) is 17.5. The first-order valence-corrected chi connectivity index (χ1v) is 12.2. The number of esters is 1. The lowest BCUT2D eigenvalue weighted by Crippen LogP contribution is -2.57. The molecule has 1 heterocycles. The fourth-order valence-corrected chi connectivity index (χ4v) is 10.0. The highest BCUT2D eigenvalue weighted by Crippen LogP contribution is 2.81. The van der Waals surface area contributed by atoms with Gasteiger partial charge in [0.1, 0.15) is 5.60 Å². The Labute approximate surface area is 173 Å². The van der Waals surface area contributed by atoms with Crippen LogP contribution in [0.1, 0.15) is 77.6 Å². The van der Waals surface area contributed by atoms with E-state index in [-0.39, 0.29) is 17.0 Å². The first-order valence-electron chi connectivity index (χ1n) is 12.2. The second-order valence-corrected chi connectivity index (χ2v) is 11.6. The Kier molecular flexibility index (Phi) is 3.17. The molecule has 2 spiro atoms. The van der Waals surface area contributed by atoms with Crippen LogP contribution in [0.2, 0.25) is 0 Å². The van der Waals surface area contributed by atoms with Crippen LogP contribution in [0.5, 0.6) is 0 Å². The van der Waals surface area contributed by atoms with E-state index >= 15 is 0 Å². The Morgan fingerprint density at radius 2 is 2.00 bits per heavy atom. The molecule has 1 N–H and O–H groups in total. The van der Waals surface area contributed by atoms with Crippen LogP contribution in [0.4, 0.5) is 0 Å². The highest BCUT2D eigenvalue weighted by atomic mass is 16.6. The van der Waals surface area contributed by atoms with Crippen molar-refractivity contribution in [2.45, 2.75) is 83.2 Å². The van der Waals surface area contributed by atoms with E-state index in [4.69, 9.17) is 4.74 Å². The molecule has 4 heteroatoms. The van der Waals surface area contributed by atoms with Crippen molar-refractivity contribution in [1.82, 2.24) is 0 Å². The molecule has 0 aromatic carbocycles. The van der Waals surface area contributed by atoms with Crippen molar-refractivity contribution in [3.05, 3.63) is 11.6 Å². The summed E-state index contributed by atoms with van der Waals surface area (Å²) in [5, 5.41) is 13.0. The molecule has 0 amide bonds. The Morgan fingerprint density at radius 3 is 2.69 bits per heavy atom. The van der Waals surface area contributed by atoms with Gasteiger partial charge in [-0.15, -0.1) is 0 Å². The lowest BCUT2D eigenvalue weighted by Gasteiger charge is -2.59. The SMILES string of the molecule is CC[C@]12CCC3C(CC4(CC4)C4=C/C(=N/O)CC[C@@H]43)C1[C@H]1C[C@H]1[C@@]21CCC(=O)O1. The number of nitrogens with zero attached hydrogens (tertiary/aromatic N) is 1. The predicted molar refractivity (Wildman–Crippen MR) is 108 cm³/mol. The molecule has 1 aliphatic heterocycles. The fraction of sp³-hybridized carbons (Fsp3) is 0.840. The van der Waals surface area contributed by atoms with E-state index in [1.165, 1.54) is 51.4 Å². The maximum Gasteiger partial charge on any atom is 0.306 e. The molecule has 1 saturated heterocycles. The van der Waals surface area contributed by atoms with Gasteiger partial charge in [-0.1, -0.05) is 17.7 Å². The standard InChI is InChI=1S/C25H33NO3/c1-2-24-7-5-15-16-4-3-14(26-28)11-19(16)23(9-10-23)13-18(15)22(24)17-12-20(17)25(24)8-6-21(27)29-25/h11,15-18,20,22,28H,2-10,12-13H2,1H3/b26-14+/t15?,16-,17+,18?,20-,22?,24+,25+/m1/s1. The number of carbonyl (C=O) groups is 1. The van der Waals surface area contributed by atoms with Crippen LogP contribution >= 0.6 is 0 Å². The largest absolute Gasteiger partial charge is 0.458 e. The summed E-state index contributed by atoms with van der Waals surface area (Å²) in [6.07, 6.45) is 15.1. The normalized spacial score (nSPS) is 54.4. The molecule has 4 nitrogen and oxygen atoms in total. The van der Waals surface area contributed by atoms with Gasteiger partial charge in [-0.2, -0.15) is 0 Å². The smallest absolute Gasteiger partial charge is 0.306 e. The third-order valence-electron chi connectivity index (χ3n) is 11.1. The second kappa shape index (κ2) is 5.29. The van der Waals surface area contributed by atoms with E-state index in [0.717, 1.165) is 42.2 Å². The summed E-state index contributed by atoms with van der Waals surface area (Å²) in [4.78, 5) is 12.3. The third-order valence-corrected chi connectivity index (χ3v) is 11.1. The number of ether oxygens (including phenoxy) is 1. The van der Waals surface area contributed by atoms with Crippen LogP contribution in [-0.4, -0.2) is 22.5 Å². The van der Waals surface area contributed by atoms with Gasteiger partial charge in [0.2, 0.25) is 0 Å². The number of allylic oxidation sites excluding steroid dienone is 2. The van der Waals surface area contributed by atoms with E-state index < -0.39 is 0 Å². The summed E-state index contributed by atoms with van der Waals surface area (Å²) in [6, 6.07) is 0. The number of fused-ring (bicyclic) bond motifs is 10. The minimum absolute atomic E-state index is 0.0712. The van der Waals surface area contributed by atoms with Gasteiger partial charge in [-0.05, 0) is 105 Å². The third kappa shape index (κ3) is 1.89. The van der Waals surface area contributed by atoms with Crippen LogP contribution in [0.3, 0.4) is 0 Å². The molecule has 0 aromatic rings. The van der Waals surface area contributed by atoms with Crippen molar-refractivity contribution < 1.29 is 14.7 Å². The predicted octanol–water partition coefficient (Wildman–Crippen LogP) is 5.10. The number of hydrogen-bond donors (Lipinski definition) is 1. The van der Waals surface area contributed by atoms with Crippen LogP contribution in [0.15, 0.2) is 16.8 Å². The molecule has 156 valence electrons.